The number of ether oxygens (including phenoxy) is 1. The van der Waals surface area contributed by atoms with E-state index in [2.05, 4.69) is 5.32 Å². The van der Waals surface area contributed by atoms with E-state index < -0.39 is 23.5 Å². The number of hydrogen-bond donors (Lipinski definition) is 3. The molecule has 0 spiro atoms. The van der Waals surface area contributed by atoms with Gasteiger partial charge in [-0.2, -0.15) is 0 Å². The van der Waals surface area contributed by atoms with Crippen LogP contribution < -0.4 is 5.32 Å². The summed E-state index contributed by atoms with van der Waals surface area (Å²) in [4.78, 5) is 25.6. The Labute approximate surface area is 227 Å². The van der Waals surface area contributed by atoms with Crippen LogP contribution in [0.25, 0.3) is 0 Å². The third-order valence-corrected chi connectivity index (χ3v) is 7.05. The van der Waals surface area contributed by atoms with Crippen LogP contribution in [-0.2, 0) is 19.9 Å². The molecule has 3 N–H and O–H groups in total. The SMILES string of the molecule is CC1=C(C(=O)O)C(c2cccc(Cl)c2)C(C(=O)OCCCC(O)(c2ccccc2)c2ccccc2)=C(C)N1. The number of allylic oxidation sites excluding steroid dienone is 2. The van der Waals surface area contributed by atoms with Crippen molar-refractivity contribution in [2.24, 2.45) is 0 Å². The van der Waals surface area contributed by atoms with Gasteiger partial charge in [-0.25, -0.2) is 9.59 Å². The van der Waals surface area contributed by atoms with Gasteiger partial charge in [-0.15, -0.1) is 0 Å². The average molecular weight is 532 g/mol. The molecule has 1 heterocycles. The standard InChI is InChI=1S/C31H30ClNO5/c1-20-26(29(34)35)28(22-11-9-16-25(32)19-22)27(21(2)33-20)30(36)38-18-10-17-31(37,23-12-5-3-6-13-23)24-14-7-4-8-15-24/h3-9,11-16,19,28,33,37H,10,17-18H2,1-2H3,(H,34,35). The zero-order valence-corrected chi connectivity index (χ0v) is 22.0. The molecule has 3 aromatic rings. The van der Waals surface area contributed by atoms with Gasteiger partial charge in [0.05, 0.1) is 23.7 Å². The molecule has 1 atom stereocenters. The van der Waals surface area contributed by atoms with Gasteiger partial charge in [0.25, 0.3) is 0 Å². The minimum atomic E-state index is -1.25. The fourth-order valence-corrected chi connectivity index (χ4v) is 5.22. The number of carboxylic acids is 1. The number of benzene rings is 3. The van der Waals surface area contributed by atoms with Crippen LogP contribution in [0.4, 0.5) is 0 Å². The second kappa shape index (κ2) is 11.7. The first-order chi connectivity index (χ1) is 18.2. The quantitative estimate of drug-likeness (QED) is 0.234. The van der Waals surface area contributed by atoms with Gasteiger partial charge < -0.3 is 20.3 Å². The number of esters is 1. The van der Waals surface area contributed by atoms with Crippen molar-refractivity contribution in [1.29, 1.82) is 0 Å². The van der Waals surface area contributed by atoms with Gasteiger partial charge in [0.15, 0.2) is 0 Å². The number of halogens is 1. The zero-order valence-electron chi connectivity index (χ0n) is 21.3. The van der Waals surface area contributed by atoms with E-state index in [1.54, 1.807) is 38.1 Å². The van der Waals surface area contributed by atoms with Crippen molar-refractivity contribution in [3.8, 4) is 0 Å². The Morgan fingerprint density at radius 1 is 0.895 bits per heavy atom. The van der Waals surface area contributed by atoms with Gasteiger partial charge in [0.1, 0.15) is 5.60 Å². The molecule has 1 aliphatic heterocycles. The second-order valence-corrected chi connectivity index (χ2v) is 9.76. The summed E-state index contributed by atoms with van der Waals surface area (Å²) < 4.78 is 5.67. The van der Waals surface area contributed by atoms with E-state index in [0.717, 1.165) is 11.1 Å². The highest BCUT2D eigenvalue weighted by molar-refractivity contribution is 6.30. The summed E-state index contributed by atoms with van der Waals surface area (Å²) in [6.07, 6.45) is 0.704. The number of dihydropyridines is 1. The number of rotatable bonds is 9. The van der Waals surface area contributed by atoms with Crippen molar-refractivity contribution < 1.29 is 24.5 Å². The van der Waals surface area contributed by atoms with E-state index in [-0.39, 0.29) is 17.8 Å². The molecule has 0 saturated heterocycles. The molecule has 38 heavy (non-hydrogen) atoms. The van der Waals surface area contributed by atoms with Crippen LogP contribution in [0.1, 0.15) is 49.3 Å². The summed E-state index contributed by atoms with van der Waals surface area (Å²) in [6, 6.07) is 25.6. The molecule has 6 nitrogen and oxygen atoms in total. The Balaban J connectivity index is 1.54. The number of carbonyl (C=O) groups is 2. The maximum Gasteiger partial charge on any atom is 0.336 e. The van der Waals surface area contributed by atoms with E-state index in [4.69, 9.17) is 16.3 Å². The summed E-state index contributed by atoms with van der Waals surface area (Å²) in [7, 11) is 0. The maximum atomic E-state index is 13.4. The number of nitrogens with one attached hydrogen (secondary N) is 1. The monoisotopic (exact) mass is 531 g/mol. The Morgan fingerprint density at radius 3 is 2.03 bits per heavy atom. The first kappa shape index (κ1) is 27.2. The molecule has 1 unspecified atom stereocenters. The molecular weight excluding hydrogens is 502 g/mol. The van der Waals surface area contributed by atoms with Gasteiger partial charge in [-0.3, -0.25) is 0 Å². The third kappa shape index (κ3) is 5.67. The minimum absolute atomic E-state index is 0.0466. The van der Waals surface area contributed by atoms with Crippen LogP contribution in [0.3, 0.4) is 0 Å². The van der Waals surface area contributed by atoms with E-state index in [0.29, 0.717) is 34.8 Å². The summed E-state index contributed by atoms with van der Waals surface area (Å²) >= 11 is 6.20. The highest BCUT2D eigenvalue weighted by Gasteiger charge is 2.37. The number of aliphatic carboxylic acids is 1. The molecule has 1 aliphatic rings. The molecule has 0 saturated carbocycles. The first-order valence-corrected chi connectivity index (χ1v) is 12.8. The molecule has 7 heteroatoms. The Hall–Kier alpha value is -3.87. The number of carboxylic acid groups (broad SMARTS) is 1. The lowest BCUT2D eigenvalue weighted by molar-refractivity contribution is -0.139. The molecule has 0 bridgehead atoms. The highest BCUT2D eigenvalue weighted by Crippen LogP contribution is 2.40. The normalized spacial score (nSPS) is 15.7. The van der Waals surface area contributed by atoms with Crippen molar-refractivity contribution in [3.63, 3.8) is 0 Å². The van der Waals surface area contributed by atoms with Crippen molar-refractivity contribution in [2.45, 2.75) is 38.2 Å². The lowest BCUT2D eigenvalue weighted by Gasteiger charge is -2.30. The van der Waals surface area contributed by atoms with Crippen molar-refractivity contribution in [3.05, 3.63) is 129 Å². The predicted molar refractivity (Wildman–Crippen MR) is 146 cm³/mol. The summed E-state index contributed by atoms with van der Waals surface area (Å²) in [5.74, 6) is -2.59. The topological polar surface area (TPSA) is 95.9 Å². The Bertz CT molecular complexity index is 1340. The lowest BCUT2D eigenvalue weighted by Crippen LogP contribution is -2.32. The van der Waals surface area contributed by atoms with Crippen LogP contribution in [0.15, 0.2) is 107 Å². The number of aliphatic hydroxyl groups is 1. The Morgan fingerprint density at radius 2 is 1.47 bits per heavy atom. The fraction of sp³-hybridized carbons (Fsp3) is 0.226. The summed E-state index contributed by atoms with van der Waals surface area (Å²) in [5.41, 5.74) is 2.09. The van der Waals surface area contributed by atoms with Gasteiger partial charge in [-0.05, 0) is 55.5 Å². The van der Waals surface area contributed by atoms with Crippen molar-refractivity contribution >= 4 is 23.5 Å². The fourth-order valence-electron chi connectivity index (χ4n) is 5.02. The van der Waals surface area contributed by atoms with E-state index in [1.165, 1.54) is 0 Å². The van der Waals surface area contributed by atoms with Crippen molar-refractivity contribution in [1.82, 2.24) is 5.32 Å². The Kier molecular flexibility index (Phi) is 8.35. The number of hydrogen-bond acceptors (Lipinski definition) is 5. The average Bonchev–Trinajstić information content (AvgIpc) is 2.91. The van der Waals surface area contributed by atoms with Crippen LogP contribution in [0.5, 0.6) is 0 Å². The first-order valence-electron chi connectivity index (χ1n) is 12.4. The van der Waals surface area contributed by atoms with E-state index >= 15 is 0 Å². The highest BCUT2D eigenvalue weighted by atomic mass is 35.5. The van der Waals surface area contributed by atoms with Gasteiger partial charge in [-0.1, -0.05) is 84.4 Å². The van der Waals surface area contributed by atoms with E-state index in [9.17, 15) is 19.8 Å². The smallest absolute Gasteiger partial charge is 0.336 e. The zero-order chi connectivity index (χ0) is 27.3. The van der Waals surface area contributed by atoms with E-state index in [1.807, 2.05) is 60.7 Å². The molecule has 4 rings (SSSR count). The van der Waals surface area contributed by atoms with Gasteiger partial charge in [0.2, 0.25) is 0 Å². The van der Waals surface area contributed by atoms with Crippen molar-refractivity contribution in [2.75, 3.05) is 6.61 Å². The van der Waals surface area contributed by atoms with Crippen LogP contribution in [0.2, 0.25) is 5.02 Å². The maximum absolute atomic E-state index is 13.4. The second-order valence-electron chi connectivity index (χ2n) is 9.33. The largest absolute Gasteiger partial charge is 0.478 e. The number of carbonyl (C=O) groups excluding carboxylic acids is 1. The summed E-state index contributed by atoms with van der Waals surface area (Å²) in [6.45, 7) is 3.44. The molecule has 0 aromatic heterocycles. The minimum Gasteiger partial charge on any atom is -0.478 e. The third-order valence-electron chi connectivity index (χ3n) is 6.81. The van der Waals surface area contributed by atoms with Gasteiger partial charge >= 0.3 is 11.9 Å². The molecular formula is C31H30ClNO5. The molecule has 0 amide bonds. The molecule has 196 valence electrons. The predicted octanol–water partition coefficient (Wildman–Crippen LogP) is 5.92. The van der Waals surface area contributed by atoms with Gasteiger partial charge in [0, 0.05) is 16.4 Å². The lowest BCUT2D eigenvalue weighted by atomic mass is 9.80. The molecule has 0 radical (unpaired) electrons. The van der Waals surface area contributed by atoms with Crippen LogP contribution in [-0.4, -0.2) is 28.8 Å². The molecule has 0 fully saturated rings. The van der Waals surface area contributed by atoms with Crippen LogP contribution in [0, 0.1) is 0 Å². The molecule has 3 aromatic carbocycles. The molecule has 0 aliphatic carbocycles. The van der Waals surface area contributed by atoms with Crippen LogP contribution >= 0.6 is 11.6 Å². The summed E-state index contributed by atoms with van der Waals surface area (Å²) in [5, 5.41) is 25.1.